The first-order valence-electron chi connectivity index (χ1n) is 7.14. The van der Waals surface area contributed by atoms with Gasteiger partial charge >= 0.3 is 0 Å². The molecule has 21 heavy (non-hydrogen) atoms. The highest BCUT2D eigenvalue weighted by molar-refractivity contribution is 9.10. The lowest BCUT2D eigenvalue weighted by Crippen LogP contribution is -2.25. The Kier molecular flexibility index (Phi) is 4.22. The SMILES string of the molecule is O=c1cc(C2CCC2)ncn1CC(O)c1ccccc1Br. The van der Waals surface area contributed by atoms with Crippen LogP contribution in [-0.4, -0.2) is 14.7 Å². The molecule has 110 valence electrons. The average Bonchev–Trinajstić information content (AvgIpc) is 2.40. The number of aromatic nitrogens is 2. The van der Waals surface area contributed by atoms with E-state index in [-0.39, 0.29) is 12.1 Å². The molecular formula is C16H17BrN2O2. The number of hydrogen-bond donors (Lipinski definition) is 1. The summed E-state index contributed by atoms with van der Waals surface area (Å²) in [4.78, 5) is 16.5. The van der Waals surface area contributed by atoms with Crippen molar-refractivity contribution in [2.75, 3.05) is 0 Å². The van der Waals surface area contributed by atoms with Crippen molar-refractivity contribution in [2.24, 2.45) is 0 Å². The van der Waals surface area contributed by atoms with Crippen LogP contribution < -0.4 is 5.56 Å². The molecular weight excluding hydrogens is 332 g/mol. The van der Waals surface area contributed by atoms with E-state index < -0.39 is 6.10 Å². The number of halogens is 1. The van der Waals surface area contributed by atoms with Gasteiger partial charge in [0.2, 0.25) is 0 Å². The van der Waals surface area contributed by atoms with Crippen LogP contribution >= 0.6 is 15.9 Å². The fraction of sp³-hybridized carbons (Fsp3) is 0.375. The van der Waals surface area contributed by atoms with Gasteiger partial charge in [0.1, 0.15) is 0 Å². The van der Waals surface area contributed by atoms with Gasteiger partial charge in [0, 0.05) is 16.5 Å². The van der Waals surface area contributed by atoms with E-state index in [2.05, 4.69) is 20.9 Å². The Morgan fingerprint density at radius 2 is 2.14 bits per heavy atom. The molecule has 4 nitrogen and oxygen atoms in total. The maximum Gasteiger partial charge on any atom is 0.253 e. The highest BCUT2D eigenvalue weighted by Gasteiger charge is 2.21. The van der Waals surface area contributed by atoms with Crippen molar-refractivity contribution in [2.45, 2.75) is 37.8 Å². The molecule has 1 N–H and O–H groups in total. The minimum absolute atomic E-state index is 0.0991. The molecule has 1 aliphatic rings. The molecule has 0 bridgehead atoms. The number of rotatable bonds is 4. The third kappa shape index (κ3) is 3.09. The van der Waals surface area contributed by atoms with Crippen molar-refractivity contribution < 1.29 is 5.11 Å². The zero-order valence-electron chi connectivity index (χ0n) is 11.6. The van der Waals surface area contributed by atoms with Crippen molar-refractivity contribution in [3.05, 3.63) is 62.7 Å². The van der Waals surface area contributed by atoms with E-state index in [1.165, 1.54) is 11.0 Å². The molecule has 1 saturated carbocycles. The van der Waals surface area contributed by atoms with Crippen LogP contribution in [0.4, 0.5) is 0 Å². The molecule has 5 heteroatoms. The van der Waals surface area contributed by atoms with Crippen molar-refractivity contribution in [3.63, 3.8) is 0 Å². The van der Waals surface area contributed by atoms with Crippen LogP contribution in [0.2, 0.25) is 0 Å². The normalized spacial score (nSPS) is 16.5. The highest BCUT2D eigenvalue weighted by Crippen LogP contribution is 2.34. The minimum Gasteiger partial charge on any atom is -0.386 e. The van der Waals surface area contributed by atoms with E-state index in [1.54, 1.807) is 12.4 Å². The number of aliphatic hydroxyl groups is 1. The Bertz CT molecular complexity index is 695. The molecule has 0 radical (unpaired) electrons. The van der Waals surface area contributed by atoms with Crippen LogP contribution in [0, 0.1) is 0 Å². The largest absolute Gasteiger partial charge is 0.386 e. The van der Waals surface area contributed by atoms with Crippen LogP contribution in [0.3, 0.4) is 0 Å². The molecule has 2 aromatic rings. The molecule has 0 saturated heterocycles. The molecule has 1 fully saturated rings. The Morgan fingerprint density at radius 3 is 2.76 bits per heavy atom. The Hall–Kier alpha value is -1.46. The molecule has 0 aliphatic heterocycles. The summed E-state index contributed by atoms with van der Waals surface area (Å²) in [5.74, 6) is 0.445. The predicted octanol–water partition coefficient (Wildman–Crippen LogP) is 3.01. The van der Waals surface area contributed by atoms with Crippen LogP contribution in [-0.2, 0) is 6.54 Å². The lowest BCUT2D eigenvalue weighted by Gasteiger charge is -2.24. The van der Waals surface area contributed by atoms with E-state index in [0.717, 1.165) is 28.6 Å². The van der Waals surface area contributed by atoms with Crippen LogP contribution in [0.5, 0.6) is 0 Å². The second-order valence-corrected chi connectivity index (χ2v) is 6.32. The third-order valence-corrected chi connectivity index (χ3v) is 4.78. The van der Waals surface area contributed by atoms with Gasteiger partial charge in [-0.15, -0.1) is 0 Å². The van der Waals surface area contributed by atoms with Gasteiger partial charge in [-0.2, -0.15) is 0 Å². The maximum absolute atomic E-state index is 12.1. The van der Waals surface area contributed by atoms with Gasteiger partial charge < -0.3 is 5.11 Å². The summed E-state index contributed by atoms with van der Waals surface area (Å²) in [7, 11) is 0. The van der Waals surface area contributed by atoms with Crippen LogP contribution in [0.15, 0.2) is 45.9 Å². The molecule has 3 rings (SSSR count). The average molecular weight is 349 g/mol. The van der Waals surface area contributed by atoms with Crippen LogP contribution in [0.25, 0.3) is 0 Å². The second-order valence-electron chi connectivity index (χ2n) is 5.47. The summed E-state index contributed by atoms with van der Waals surface area (Å²) in [5.41, 5.74) is 1.56. The van der Waals surface area contributed by atoms with Gasteiger partial charge in [-0.05, 0) is 24.5 Å². The smallest absolute Gasteiger partial charge is 0.253 e. The van der Waals surface area contributed by atoms with Gasteiger partial charge in [-0.3, -0.25) is 9.36 Å². The van der Waals surface area contributed by atoms with E-state index in [9.17, 15) is 9.90 Å². The van der Waals surface area contributed by atoms with Gasteiger partial charge in [-0.25, -0.2) is 4.98 Å². The quantitative estimate of drug-likeness (QED) is 0.923. The maximum atomic E-state index is 12.1. The number of nitrogens with zero attached hydrogens (tertiary/aromatic N) is 2. The van der Waals surface area contributed by atoms with Crippen LogP contribution in [0.1, 0.15) is 42.5 Å². The summed E-state index contributed by atoms with van der Waals surface area (Å²) in [5, 5.41) is 10.3. The topological polar surface area (TPSA) is 55.1 Å². The minimum atomic E-state index is -0.741. The molecule has 1 atom stereocenters. The first kappa shape index (κ1) is 14.5. The fourth-order valence-corrected chi connectivity index (χ4v) is 3.08. The second kappa shape index (κ2) is 6.12. The van der Waals surface area contributed by atoms with Crippen molar-refractivity contribution in [3.8, 4) is 0 Å². The fourth-order valence-electron chi connectivity index (χ4n) is 2.53. The summed E-state index contributed by atoms with van der Waals surface area (Å²) in [6.45, 7) is 0.208. The first-order chi connectivity index (χ1) is 10.1. The third-order valence-electron chi connectivity index (χ3n) is 4.06. The van der Waals surface area contributed by atoms with E-state index >= 15 is 0 Å². The predicted molar refractivity (Wildman–Crippen MR) is 84.2 cm³/mol. The summed E-state index contributed by atoms with van der Waals surface area (Å²) in [6.07, 6.45) is 4.27. The zero-order chi connectivity index (χ0) is 14.8. The molecule has 1 aromatic carbocycles. The Morgan fingerprint density at radius 1 is 1.38 bits per heavy atom. The molecule has 0 spiro atoms. The monoisotopic (exact) mass is 348 g/mol. The summed E-state index contributed by atoms with van der Waals surface area (Å²) in [6, 6.07) is 9.08. The van der Waals surface area contributed by atoms with Crippen molar-refractivity contribution >= 4 is 15.9 Å². The van der Waals surface area contributed by atoms with E-state index in [0.29, 0.717) is 5.92 Å². The lowest BCUT2D eigenvalue weighted by atomic mass is 9.83. The highest BCUT2D eigenvalue weighted by atomic mass is 79.9. The molecule has 1 heterocycles. The number of hydrogen-bond acceptors (Lipinski definition) is 3. The van der Waals surface area contributed by atoms with Gasteiger partial charge in [-0.1, -0.05) is 40.5 Å². The Labute approximate surface area is 131 Å². The first-order valence-corrected chi connectivity index (χ1v) is 7.93. The standard InChI is InChI=1S/C16H17BrN2O2/c17-13-7-2-1-6-12(13)15(20)9-19-10-18-14(8-16(19)21)11-4-3-5-11/h1-2,6-8,10-11,15,20H,3-5,9H2. The van der Waals surface area contributed by atoms with E-state index in [4.69, 9.17) is 0 Å². The van der Waals surface area contributed by atoms with Crippen molar-refractivity contribution in [1.82, 2.24) is 9.55 Å². The molecule has 1 aromatic heterocycles. The van der Waals surface area contributed by atoms with E-state index in [1.807, 2.05) is 24.3 Å². The molecule has 0 amide bonds. The summed E-state index contributed by atoms with van der Waals surface area (Å²) < 4.78 is 2.30. The molecule has 1 unspecified atom stereocenters. The van der Waals surface area contributed by atoms with Crippen molar-refractivity contribution in [1.29, 1.82) is 0 Å². The molecule has 1 aliphatic carbocycles. The number of aliphatic hydroxyl groups excluding tert-OH is 1. The van der Waals surface area contributed by atoms with Gasteiger partial charge in [0.25, 0.3) is 5.56 Å². The van der Waals surface area contributed by atoms with Gasteiger partial charge in [0.15, 0.2) is 0 Å². The Balaban J connectivity index is 1.78. The number of benzene rings is 1. The summed E-state index contributed by atoms with van der Waals surface area (Å²) >= 11 is 3.41. The zero-order valence-corrected chi connectivity index (χ0v) is 13.2. The van der Waals surface area contributed by atoms with Gasteiger partial charge in [0.05, 0.1) is 24.7 Å². The lowest BCUT2D eigenvalue weighted by molar-refractivity contribution is 0.153.